The minimum Gasteiger partial charge on any atom is -0.341 e. The van der Waals surface area contributed by atoms with E-state index in [1.54, 1.807) is 0 Å². The SMILES string of the molecule is CC(C)C1C2NCCCC2CC(=O)N1C. The molecule has 2 rings (SSSR count). The molecule has 1 N–H and O–H groups in total. The molecule has 0 aromatic heterocycles. The minimum atomic E-state index is 0.332. The Kier molecular flexibility index (Phi) is 3.01. The summed E-state index contributed by atoms with van der Waals surface area (Å²) in [5.74, 6) is 1.45. The summed E-state index contributed by atoms with van der Waals surface area (Å²) in [6.45, 7) is 5.55. The van der Waals surface area contributed by atoms with Gasteiger partial charge in [-0.25, -0.2) is 0 Å². The molecule has 2 aliphatic heterocycles. The van der Waals surface area contributed by atoms with Gasteiger partial charge in [-0.1, -0.05) is 13.8 Å². The van der Waals surface area contributed by atoms with Crippen LogP contribution in [0.5, 0.6) is 0 Å². The van der Waals surface area contributed by atoms with E-state index in [-0.39, 0.29) is 0 Å². The van der Waals surface area contributed by atoms with E-state index < -0.39 is 0 Å². The zero-order chi connectivity index (χ0) is 11.0. The summed E-state index contributed by atoms with van der Waals surface area (Å²) in [6, 6.07) is 0.915. The largest absolute Gasteiger partial charge is 0.341 e. The van der Waals surface area contributed by atoms with E-state index in [9.17, 15) is 4.79 Å². The van der Waals surface area contributed by atoms with E-state index in [2.05, 4.69) is 19.2 Å². The Morgan fingerprint density at radius 3 is 2.87 bits per heavy atom. The number of hydrogen-bond donors (Lipinski definition) is 1. The van der Waals surface area contributed by atoms with Gasteiger partial charge in [0, 0.05) is 25.6 Å². The second-order valence-electron chi connectivity index (χ2n) is 5.33. The normalized spacial score (nSPS) is 36.9. The van der Waals surface area contributed by atoms with E-state index in [0.717, 1.165) is 13.0 Å². The summed E-state index contributed by atoms with van der Waals surface area (Å²) in [7, 11) is 1.96. The van der Waals surface area contributed by atoms with Crippen LogP contribution in [0.1, 0.15) is 33.1 Å². The lowest BCUT2D eigenvalue weighted by Gasteiger charge is -2.48. The molecule has 1 amide bonds. The van der Waals surface area contributed by atoms with Crippen molar-refractivity contribution in [3.05, 3.63) is 0 Å². The molecule has 15 heavy (non-hydrogen) atoms. The Labute approximate surface area is 92.2 Å². The number of nitrogens with one attached hydrogen (secondary N) is 1. The van der Waals surface area contributed by atoms with Gasteiger partial charge in [0.25, 0.3) is 0 Å². The smallest absolute Gasteiger partial charge is 0.222 e. The van der Waals surface area contributed by atoms with Crippen LogP contribution in [-0.4, -0.2) is 36.5 Å². The molecule has 2 saturated heterocycles. The van der Waals surface area contributed by atoms with Crippen molar-refractivity contribution in [2.75, 3.05) is 13.6 Å². The molecule has 0 bridgehead atoms. The Balaban J connectivity index is 2.19. The van der Waals surface area contributed by atoms with Gasteiger partial charge in [-0.2, -0.15) is 0 Å². The lowest BCUT2D eigenvalue weighted by Crippen LogP contribution is -2.62. The van der Waals surface area contributed by atoms with Crippen molar-refractivity contribution in [2.45, 2.75) is 45.2 Å². The lowest BCUT2D eigenvalue weighted by atomic mass is 9.76. The van der Waals surface area contributed by atoms with E-state index in [1.807, 2.05) is 11.9 Å². The second-order valence-corrected chi connectivity index (χ2v) is 5.33. The van der Waals surface area contributed by atoms with Gasteiger partial charge in [-0.3, -0.25) is 4.79 Å². The molecule has 0 aliphatic carbocycles. The van der Waals surface area contributed by atoms with Gasteiger partial charge >= 0.3 is 0 Å². The fourth-order valence-corrected chi connectivity index (χ4v) is 3.25. The average molecular weight is 210 g/mol. The molecule has 0 aromatic rings. The minimum absolute atomic E-state index is 0.332. The van der Waals surface area contributed by atoms with Crippen LogP contribution in [0.4, 0.5) is 0 Å². The average Bonchev–Trinajstić information content (AvgIpc) is 2.19. The quantitative estimate of drug-likeness (QED) is 0.706. The summed E-state index contributed by atoms with van der Waals surface area (Å²) in [5.41, 5.74) is 0. The first-order valence-corrected chi connectivity index (χ1v) is 6.10. The number of carbonyl (C=O) groups excluding carboxylic acids is 1. The molecule has 3 atom stereocenters. The number of fused-ring (bicyclic) bond motifs is 1. The molecule has 0 aromatic carbocycles. The second kappa shape index (κ2) is 4.12. The molecule has 3 unspecified atom stereocenters. The molecular weight excluding hydrogens is 188 g/mol. The van der Waals surface area contributed by atoms with E-state index in [1.165, 1.54) is 12.8 Å². The molecule has 0 saturated carbocycles. The first-order valence-electron chi connectivity index (χ1n) is 6.10. The monoisotopic (exact) mass is 210 g/mol. The Hall–Kier alpha value is -0.570. The van der Waals surface area contributed by atoms with Crippen LogP contribution in [-0.2, 0) is 4.79 Å². The summed E-state index contributed by atoms with van der Waals surface area (Å²) >= 11 is 0. The first-order chi connectivity index (χ1) is 7.11. The summed E-state index contributed by atoms with van der Waals surface area (Å²) < 4.78 is 0. The zero-order valence-corrected chi connectivity index (χ0v) is 9.99. The first kappa shape index (κ1) is 10.9. The van der Waals surface area contributed by atoms with Crippen LogP contribution in [0.2, 0.25) is 0 Å². The predicted octanol–water partition coefficient (Wildman–Crippen LogP) is 1.24. The highest BCUT2D eigenvalue weighted by atomic mass is 16.2. The van der Waals surface area contributed by atoms with Crippen LogP contribution in [0, 0.1) is 11.8 Å². The molecular formula is C12H22N2O. The molecule has 2 heterocycles. The number of amides is 1. The molecule has 3 nitrogen and oxygen atoms in total. The lowest BCUT2D eigenvalue weighted by molar-refractivity contribution is -0.140. The fraction of sp³-hybridized carbons (Fsp3) is 0.917. The van der Waals surface area contributed by atoms with Crippen molar-refractivity contribution >= 4 is 5.91 Å². The molecule has 86 valence electrons. The number of rotatable bonds is 1. The highest BCUT2D eigenvalue weighted by molar-refractivity contribution is 5.77. The standard InChI is InChI=1S/C12H22N2O/c1-8(2)12-11-9(5-4-6-13-11)7-10(15)14(12)3/h8-9,11-13H,4-7H2,1-3H3. The van der Waals surface area contributed by atoms with Gasteiger partial charge < -0.3 is 10.2 Å². The maximum atomic E-state index is 11.9. The third-order valence-electron chi connectivity index (χ3n) is 3.97. The van der Waals surface area contributed by atoms with E-state index in [4.69, 9.17) is 0 Å². The van der Waals surface area contributed by atoms with Crippen LogP contribution in [0.15, 0.2) is 0 Å². The molecule has 0 radical (unpaired) electrons. The van der Waals surface area contributed by atoms with Gasteiger partial charge in [0.15, 0.2) is 0 Å². The number of piperidine rings is 2. The topological polar surface area (TPSA) is 32.3 Å². The number of nitrogens with zero attached hydrogens (tertiary/aromatic N) is 1. The predicted molar refractivity (Wildman–Crippen MR) is 60.5 cm³/mol. The van der Waals surface area contributed by atoms with Crippen LogP contribution < -0.4 is 5.32 Å². The van der Waals surface area contributed by atoms with Gasteiger partial charge in [0.2, 0.25) is 5.91 Å². The van der Waals surface area contributed by atoms with Crippen molar-refractivity contribution in [3.63, 3.8) is 0 Å². The van der Waals surface area contributed by atoms with Crippen molar-refractivity contribution < 1.29 is 4.79 Å². The molecule has 2 aliphatic rings. The van der Waals surface area contributed by atoms with Crippen molar-refractivity contribution in [3.8, 4) is 0 Å². The van der Waals surface area contributed by atoms with Gasteiger partial charge in [0.1, 0.15) is 0 Å². The van der Waals surface area contributed by atoms with Crippen LogP contribution >= 0.6 is 0 Å². The Bertz CT molecular complexity index is 252. The number of carbonyl (C=O) groups is 1. The Morgan fingerprint density at radius 1 is 1.47 bits per heavy atom. The van der Waals surface area contributed by atoms with E-state index >= 15 is 0 Å². The molecule has 0 spiro atoms. The number of hydrogen-bond acceptors (Lipinski definition) is 2. The highest BCUT2D eigenvalue weighted by Gasteiger charge is 2.42. The third-order valence-corrected chi connectivity index (χ3v) is 3.97. The highest BCUT2D eigenvalue weighted by Crippen LogP contribution is 2.32. The fourth-order valence-electron chi connectivity index (χ4n) is 3.25. The third kappa shape index (κ3) is 1.89. The van der Waals surface area contributed by atoms with Crippen LogP contribution in [0.25, 0.3) is 0 Å². The maximum absolute atomic E-state index is 11.9. The number of likely N-dealkylation sites (N-methyl/N-ethyl adjacent to an activating group) is 1. The number of likely N-dealkylation sites (tertiary alicyclic amines) is 1. The maximum Gasteiger partial charge on any atom is 0.222 e. The summed E-state index contributed by atoms with van der Waals surface area (Å²) in [4.78, 5) is 13.8. The molecule has 2 fully saturated rings. The van der Waals surface area contributed by atoms with Crippen LogP contribution in [0.3, 0.4) is 0 Å². The molecule has 3 heteroatoms. The zero-order valence-electron chi connectivity index (χ0n) is 9.99. The Morgan fingerprint density at radius 2 is 2.20 bits per heavy atom. The van der Waals surface area contributed by atoms with Crippen molar-refractivity contribution in [1.29, 1.82) is 0 Å². The van der Waals surface area contributed by atoms with Gasteiger partial charge in [-0.15, -0.1) is 0 Å². The van der Waals surface area contributed by atoms with Gasteiger partial charge in [0.05, 0.1) is 0 Å². The summed E-state index contributed by atoms with van der Waals surface area (Å²) in [5, 5.41) is 3.61. The van der Waals surface area contributed by atoms with E-state index in [0.29, 0.717) is 29.8 Å². The summed E-state index contributed by atoms with van der Waals surface area (Å²) in [6.07, 6.45) is 3.20. The van der Waals surface area contributed by atoms with Crippen molar-refractivity contribution in [1.82, 2.24) is 10.2 Å². The van der Waals surface area contributed by atoms with Crippen molar-refractivity contribution in [2.24, 2.45) is 11.8 Å². The van der Waals surface area contributed by atoms with Gasteiger partial charge in [-0.05, 0) is 31.2 Å².